The van der Waals surface area contributed by atoms with Crippen molar-refractivity contribution < 1.29 is 24.9 Å². The van der Waals surface area contributed by atoms with Crippen LogP contribution in [0.3, 0.4) is 0 Å². The van der Waals surface area contributed by atoms with Crippen LogP contribution in [0.2, 0.25) is 0 Å². The van der Waals surface area contributed by atoms with Crippen molar-refractivity contribution in [1.82, 2.24) is 0 Å². The molecule has 1 aromatic carbocycles. The summed E-state index contributed by atoms with van der Waals surface area (Å²) in [5.74, 6) is -0.326. The number of unbranched alkanes of at least 4 members (excludes halogenated alkanes) is 2. The second kappa shape index (κ2) is 12.6. The van der Waals surface area contributed by atoms with Gasteiger partial charge in [-0.25, -0.2) is 0 Å². The minimum Gasteiger partial charge on any atom is -0.469 e. The molecule has 0 spiro atoms. The first-order valence-corrected chi connectivity index (χ1v) is 9.37. The van der Waals surface area contributed by atoms with E-state index in [1.165, 1.54) is 13.2 Å². The van der Waals surface area contributed by atoms with Crippen molar-refractivity contribution in [2.75, 3.05) is 7.11 Å². The Morgan fingerprint density at radius 1 is 1.12 bits per heavy atom. The number of methoxy groups -OCH3 is 1. The van der Waals surface area contributed by atoms with Crippen molar-refractivity contribution in [2.24, 2.45) is 0 Å². The van der Waals surface area contributed by atoms with Gasteiger partial charge in [0.2, 0.25) is 0 Å². The molecule has 0 saturated carbocycles. The fraction of sp³-hybridized carbons (Fsp3) is 0.571. The molecule has 0 aliphatic heterocycles. The van der Waals surface area contributed by atoms with Gasteiger partial charge in [-0.15, -0.1) is 0 Å². The van der Waals surface area contributed by atoms with Crippen molar-refractivity contribution in [3.05, 3.63) is 41.5 Å². The van der Waals surface area contributed by atoms with E-state index in [0.717, 1.165) is 30.4 Å². The fourth-order valence-electron chi connectivity index (χ4n) is 2.77. The Balaban J connectivity index is 2.62. The van der Waals surface area contributed by atoms with E-state index in [1.54, 1.807) is 6.08 Å². The lowest BCUT2D eigenvalue weighted by Crippen LogP contribution is -2.23. The average molecular weight is 364 g/mol. The van der Waals surface area contributed by atoms with Crippen LogP contribution >= 0.6 is 0 Å². The Labute approximate surface area is 156 Å². The van der Waals surface area contributed by atoms with Crippen LogP contribution < -0.4 is 0 Å². The summed E-state index contributed by atoms with van der Waals surface area (Å²) < 4.78 is 4.55. The third-order valence-corrected chi connectivity index (χ3v) is 4.41. The lowest BCUT2D eigenvalue weighted by atomic mass is 9.97. The van der Waals surface area contributed by atoms with Crippen molar-refractivity contribution in [1.29, 1.82) is 0 Å². The van der Waals surface area contributed by atoms with Crippen molar-refractivity contribution in [3.8, 4) is 0 Å². The van der Waals surface area contributed by atoms with E-state index < -0.39 is 18.3 Å². The van der Waals surface area contributed by atoms with E-state index in [1.807, 2.05) is 24.3 Å². The van der Waals surface area contributed by atoms with E-state index in [9.17, 15) is 20.1 Å². The van der Waals surface area contributed by atoms with Crippen LogP contribution in [0.15, 0.2) is 30.3 Å². The average Bonchev–Trinajstić information content (AvgIpc) is 2.66. The monoisotopic (exact) mass is 364 g/mol. The Hall–Kier alpha value is -1.69. The highest BCUT2D eigenvalue weighted by Gasteiger charge is 2.15. The summed E-state index contributed by atoms with van der Waals surface area (Å²) in [7, 11) is 1.32. The summed E-state index contributed by atoms with van der Waals surface area (Å²) in [5.41, 5.74) is 1.66. The Morgan fingerprint density at radius 2 is 1.85 bits per heavy atom. The highest BCUT2D eigenvalue weighted by molar-refractivity contribution is 5.69. The zero-order valence-electron chi connectivity index (χ0n) is 15.8. The molecule has 0 fully saturated rings. The van der Waals surface area contributed by atoms with Gasteiger partial charge in [0.1, 0.15) is 0 Å². The van der Waals surface area contributed by atoms with Gasteiger partial charge in [-0.3, -0.25) is 4.79 Å². The molecule has 0 bridgehead atoms. The molecule has 0 aromatic heterocycles. The molecule has 3 atom stereocenters. The van der Waals surface area contributed by atoms with Gasteiger partial charge in [0, 0.05) is 6.42 Å². The normalized spacial score (nSPS) is 15.0. The molecule has 0 amide bonds. The highest BCUT2D eigenvalue weighted by atomic mass is 16.5. The second-order valence-electron chi connectivity index (χ2n) is 6.53. The van der Waals surface area contributed by atoms with Gasteiger partial charge in [-0.05, 0) is 30.4 Å². The maximum atomic E-state index is 11.1. The number of benzene rings is 1. The summed E-state index contributed by atoms with van der Waals surface area (Å²) >= 11 is 0. The topological polar surface area (TPSA) is 87.0 Å². The number of ether oxygens (including phenoxy) is 1. The number of carbonyl (C=O) groups excluding carboxylic acids is 1. The van der Waals surface area contributed by atoms with Crippen LogP contribution in [0.5, 0.6) is 0 Å². The maximum Gasteiger partial charge on any atom is 0.305 e. The van der Waals surface area contributed by atoms with Crippen molar-refractivity contribution in [2.45, 2.75) is 70.2 Å². The van der Waals surface area contributed by atoms with Crippen LogP contribution in [-0.2, 0) is 9.53 Å². The van der Waals surface area contributed by atoms with E-state index in [0.29, 0.717) is 19.3 Å². The molecule has 1 unspecified atom stereocenters. The van der Waals surface area contributed by atoms with Crippen LogP contribution in [0.4, 0.5) is 0 Å². The molecule has 5 heteroatoms. The Morgan fingerprint density at radius 3 is 2.54 bits per heavy atom. The van der Waals surface area contributed by atoms with E-state index >= 15 is 0 Å². The third-order valence-electron chi connectivity index (χ3n) is 4.41. The number of hydrogen-bond acceptors (Lipinski definition) is 5. The van der Waals surface area contributed by atoms with Crippen LogP contribution in [-0.4, -0.2) is 40.6 Å². The predicted octanol–water partition coefficient (Wildman–Crippen LogP) is 3.38. The molecule has 0 aliphatic rings. The van der Waals surface area contributed by atoms with Gasteiger partial charge in [-0.2, -0.15) is 0 Å². The van der Waals surface area contributed by atoms with Gasteiger partial charge >= 0.3 is 5.97 Å². The molecular formula is C21H32O5. The first-order chi connectivity index (χ1) is 12.5. The summed E-state index contributed by atoms with van der Waals surface area (Å²) in [4.78, 5) is 11.1. The first-order valence-electron chi connectivity index (χ1n) is 9.37. The van der Waals surface area contributed by atoms with Gasteiger partial charge in [0.15, 0.2) is 0 Å². The zero-order chi connectivity index (χ0) is 19.4. The Bertz CT molecular complexity index is 555. The minimum absolute atomic E-state index is 0.219. The lowest BCUT2D eigenvalue weighted by Gasteiger charge is -2.16. The largest absolute Gasteiger partial charge is 0.469 e. The van der Waals surface area contributed by atoms with Gasteiger partial charge in [0.05, 0.1) is 25.4 Å². The minimum atomic E-state index is -1.03. The van der Waals surface area contributed by atoms with Gasteiger partial charge < -0.3 is 20.1 Å². The molecule has 0 aliphatic carbocycles. The molecule has 5 nitrogen and oxygen atoms in total. The smallest absolute Gasteiger partial charge is 0.305 e. The molecule has 26 heavy (non-hydrogen) atoms. The number of esters is 1. The maximum absolute atomic E-state index is 11.1. The molecule has 0 radical (unpaired) electrons. The quantitative estimate of drug-likeness (QED) is 0.391. The first kappa shape index (κ1) is 22.4. The molecule has 3 N–H and O–H groups in total. The van der Waals surface area contributed by atoms with Crippen LogP contribution in [0.25, 0.3) is 6.08 Å². The molecule has 0 saturated heterocycles. The number of rotatable bonds is 12. The molecule has 1 rings (SSSR count). The summed E-state index contributed by atoms with van der Waals surface area (Å²) in [6.07, 6.45) is 5.59. The lowest BCUT2D eigenvalue weighted by molar-refractivity contribution is -0.140. The summed E-state index contributed by atoms with van der Waals surface area (Å²) in [6, 6.07) is 7.52. The van der Waals surface area contributed by atoms with Gasteiger partial charge in [-0.1, -0.05) is 62.6 Å². The third kappa shape index (κ3) is 8.13. The second-order valence-corrected chi connectivity index (χ2v) is 6.53. The standard InChI is InChI=1S/C21H32O5/c1-3-4-5-11-18(22)17-10-7-6-9-16(17)14-15-20(24)19(23)12-8-13-21(25)26-2/h6-7,9-10,14-15,18-20,22-24H,3-5,8,11-13H2,1-2H3/b15-14+/t18?,19-,20+/m0/s1. The molecule has 146 valence electrons. The van der Waals surface area contributed by atoms with E-state index in [2.05, 4.69) is 11.7 Å². The van der Waals surface area contributed by atoms with Crippen molar-refractivity contribution in [3.63, 3.8) is 0 Å². The fourth-order valence-corrected chi connectivity index (χ4v) is 2.77. The Kier molecular flexibility index (Phi) is 10.9. The predicted molar refractivity (Wildman–Crippen MR) is 102 cm³/mol. The molecular weight excluding hydrogens is 332 g/mol. The van der Waals surface area contributed by atoms with E-state index in [4.69, 9.17) is 0 Å². The highest BCUT2D eigenvalue weighted by Crippen LogP contribution is 2.24. The number of carbonyl (C=O) groups is 1. The summed E-state index contributed by atoms with van der Waals surface area (Å²) in [6.45, 7) is 2.13. The summed E-state index contributed by atoms with van der Waals surface area (Å²) in [5, 5.41) is 30.5. The van der Waals surface area contributed by atoms with Crippen LogP contribution in [0, 0.1) is 0 Å². The van der Waals surface area contributed by atoms with Gasteiger partial charge in [0.25, 0.3) is 0 Å². The zero-order valence-corrected chi connectivity index (χ0v) is 15.8. The SMILES string of the molecule is CCCCCC(O)c1ccccc1/C=C/[C@@H](O)[C@@H](O)CCCC(=O)OC. The number of aliphatic hydroxyl groups excluding tert-OH is 3. The van der Waals surface area contributed by atoms with Crippen molar-refractivity contribution >= 4 is 12.0 Å². The molecule has 1 aromatic rings. The number of hydrogen-bond donors (Lipinski definition) is 3. The number of aliphatic hydroxyl groups is 3. The van der Waals surface area contributed by atoms with E-state index in [-0.39, 0.29) is 12.4 Å². The van der Waals surface area contributed by atoms with Crippen LogP contribution in [0.1, 0.15) is 69.1 Å². The molecule has 0 heterocycles.